The molecular weight excluding hydrogens is 504 g/mol. The standard InChI is InChI=1S/C36H44N4O/c1-4-21-16-22-18-28-26-11-12-33(41)34(31-10-7-14-39(31)2)36(26)38-30(28)19-23(22)17-24(21)20-32-35-27(13-15-40(32)3)25-8-5-6-9-29(25)37-35/h4-6,8-9,11-12,21-24,31-32,37-38,41H,1,7,10,13-20H2,2-3H3/t21-,22-,23-,24+,31-,32+/m0/s1. The summed E-state index contributed by atoms with van der Waals surface area (Å²) in [6.07, 6.45) is 11.7. The minimum Gasteiger partial charge on any atom is -0.508 e. The Morgan fingerprint density at radius 2 is 1.80 bits per heavy atom. The summed E-state index contributed by atoms with van der Waals surface area (Å²) in [4.78, 5) is 12.7. The molecule has 8 rings (SSSR count). The number of likely N-dealkylation sites (N-methyl/N-ethyl adjacent to an activating group) is 1. The van der Waals surface area contributed by atoms with Gasteiger partial charge in [-0.05, 0) is 125 Å². The van der Waals surface area contributed by atoms with Crippen LogP contribution in [0.25, 0.3) is 21.8 Å². The molecule has 4 aliphatic rings. The Morgan fingerprint density at radius 1 is 0.951 bits per heavy atom. The molecule has 5 heteroatoms. The van der Waals surface area contributed by atoms with Gasteiger partial charge >= 0.3 is 0 Å². The van der Waals surface area contributed by atoms with Crippen LogP contribution in [-0.4, -0.2) is 52.1 Å². The molecule has 0 spiro atoms. The number of para-hydroxylation sites is 1. The third kappa shape index (κ3) is 4.03. The Kier molecular flexibility index (Phi) is 6.12. The van der Waals surface area contributed by atoms with E-state index in [9.17, 15) is 5.11 Å². The van der Waals surface area contributed by atoms with Crippen molar-refractivity contribution in [3.63, 3.8) is 0 Å². The van der Waals surface area contributed by atoms with Gasteiger partial charge < -0.3 is 15.1 Å². The van der Waals surface area contributed by atoms with Gasteiger partial charge in [-0.25, -0.2) is 0 Å². The van der Waals surface area contributed by atoms with Crippen molar-refractivity contribution in [3.05, 3.63) is 77.1 Å². The summed E-state index contributed by atoms with van der Waals surface area (Å²) in [7, 11) is 4.52. The Bertz CT molecular complexity index is 1630. The number of hydrogen-bond acceptors (Lipinski definition) is 3. The monoisotopic (exact) mass is 548 g/mol. The first-order chi connectivity index (χ1) is 20.0. The first kappa shape index (κ1) is 25.7. The fourth-order valence-corrected chi connectivity index (χ4v) is 9.50. The van der Waals surface area contributed by atoms with Crippen LogP contribution in [0.3, 0.4) is 0 Å². The predicted molar refractivity (Wildman–Crippen MR) is 167 cm³/mol. The van der Waals surface area contributed by atoms with Gasteiger partial charge in [-0.15, -0.1) is 6.58 Å². The molecule has 5 nitrogen and oxygen atoms in total. The summed E-state index contributed by atoms with van der Waals surface area (Å²) in [6.45, 7) is 6.59. The number of phenols is 1. The van der Waals surface area contributed by atoms with Gasteiger partial charge in [-0.1, -0.05) is 24.3 Å². The van der Waals surface area contributed by atoms with E-state index >= 15 is 0 Å². The van der Waals surface area contributed by atoms with E-state index in [0.717, 1.165) is 44.3 Å². The van der Waals surface area contributed by atoms with Gasteiger partial charge in [-0.3, -0.25) is 9.80 Å². The molecule has 1 saturated heterocycles. The van der Waals surface area contributed by atoms with Crippen LogP contribution in [0.1, 0.15) is 72.3 Å². The van der Waals surface area contributed by atoms with Crippen LogP contribution in [0.4, 0.5) is 0 Å². The Hall–Kier alpha value is -3.02. The highest BCUT2D eigenvalue weighted by Gasteiger charge is 2.42. The molecule has 0 amide bonds. The van der Waals surface area contributed by atoms with E-state index in [1.165, 1.54) is 64.4 Å². The van der Waals surface area contributed by atoms with Gasteiger partial charge in [0, 0.05) is 45.8 Å². The van der Waals surface area contributed by atoms with Gasteiger partial charge in [0.2, 0.25) is 0 Å². The van der Waals surface area contributed by atoms with E-state index in [1.54, 1.807) is 5.56 Å². The molecule has 41 heavy (non-hydrogen) atoms. The van der Waals surface area contributed by atoms with Gasteiger partial charge in [-0.2, -0.15) is 0 Å². The van der Waals surface area contributed by atoms with Crippen molar-refractivity contribution in [3.8, 4) is 5.75 Å². The largest absolute Gasteiger partial charge is 0.508 e. The second-order valence-electron chi connectivity index (χ2n) is 13.7. The lowest BCUT2D eigenvalue weighted by atomic mass is 9.61. The lowest BCUT2D eigenvalue weighted by Gasteiger charge is -2.45. The van der Waals surface area contributed by atoms with Crippen LogP contribution in [-0.2, 0) is 19.3 Å². The van der Waals surface area contributed by atoms with E-state index in [2.05, 4.69) is 76.8 Å². The van der Waals surface area contributed by atoms with E-state index in [0.29, 0.717) is 41.5 Å². The highest BCUT2D eigenvalue weighted by molar-refractivity contribution is 5.90. The summed E-state index contributed by atoms with van der Waals surface area (Å²) >= 11 is 0. The lowest BCUT2D eigenvalue weighted by molar-refractivity contribution is 0.0912. The van der Waals surface area contributed by atoms with E-state index < -0.39 is 0 Å². The molecule has 2 aromatic carbocycles. The maximum Gasteiger partial charge on any atom is 0.122 e. The highest BCUT2D eigenvalue weighted by atomic mass is 16.3. The molecule has 3 N–H and O–H groups in total. The van der Waals surface area contributed by atoms with Crippen LogP contribution >= 0.6 is 0 Å². The molecule has 2 aliphatic heterocycles. The van der Waals surface area contributed by atoms with Crippen LogP contribution < -0.4 is 0 Å². The lowest BCUT2D eigenvalue weighted by Crippen LogP contribution is -2.39. The number of H-pyrrole nitrogens is 2. The Morgan fingerprint density at radius 3 is 2.63 bits per heavy atom. The predicted octanol–water partition coefficient (Wildman–Crippen LogP) is 7.28. The number of allylic oxidation sites excluding steroid dienone is 1. The minimum absolute atomic E-state index is 0.303. The molecule has 214 valence electrons. The maximum absolute atomic E-state index is 11.0. The summed E-state index contributed by atoms with van der Waals surface area (Å²) in [5, 5.41) is 13.7. The van der Waals surface area contributed by atoms with Crippen LogP contribution in [0.2, 0.25) is 0 Å². The summed E-state index contributed by atoms with van der Waals surface area (Å²) in [6, 6.07) is 13.7. The third-order valence-corrected chi connectivity index (χ3v) is 11.7. The molecule has 0 radical (unpaired) electrons. The van der Waals surface area contributed by atoms with Crippen LogP contribution in [0.15, 0.2) is 49.1 Å². The normalized spacial score (nSPS) is 30.4. The van der Waals surface area contributed by atoms with Crippen LogP contribution in [0.5, 0.6) is 5.75 Å². The molecule has 6 atom stereocenters. The van der Waals surface area contributed by atoms with Crippen molar-refractivity contribution in [2.75, 3.05) is 27.2 Å². The average Bonchev–Trinajstić information content (AvgIpc) is 3.67. The van der Waals surface area contributed by atoms with Crippen molar-refractivity contribution in [1.82, 2.24) is 19.8 Å². The topological polar surface area (TPSA) is 58.3 Å². The quantitative estimate of drug-likeness (QED) is 0.235. The number of hydrogen-bond donors (Lipinski definition) is 3. The number of benzene rings is 2. The van der Waals surface area contributed by atoms with Crippen molar-refractivity contribution in [2.24, 2.45) is 23.7 Å². The zero-order chi connectivity index (χ0) is 27.8. The number of aromatic nitrogens is 2. The number of aromatic hydroxyl groups is 1. The fourth-order valence-electron chi connectivity index (χ4n) is 9.50. The zero-order valence-corrected chi connectivity index (χ0v) is 24.6. The highest BCUT2D eigenvalue weighted by Crippen LogP contribution is 2.51. The summed E-state index contributed by atoms with van der Waals surface area (Å²) in [5.74, 6) is 3.08. The van der Waals surface area contributed by atoms with Crippen LogP contribution in [0, 0.1) is 23.7 Å². The molecule has 4 aromatic rings. The third-order valence-electron chi connectivity index (χ3n) is 11.7. The number of fused-ring (bicyclic) bond motifs is 7. The molecular formula is C36H44N4O. The summed E-state index contributed by atoms with van der Waals surface area (Å²) < 4.78 is 0. The minimum atomic E-state index is 0.303. The maximum atomic E-state index is 11.0. The number of aromatic amines is 2. The number of phenolic OH excluding ortho intramolecular Hbond substituents is 1. The SMILES string of the molecule is C=C[C@H]1C[C@H]2Cc3c([nH]c4c([C@@H]5CCCN5C)c(O)ccc34)C[C@@H]2C[C@@H]1C[C@@H]1c2[nH]c3ccccc3c2CCN1C. The van der Waals surface area contributed by atoms with Gasteiger partial charge in [0.1, 0.15) is 5.75 Å². The number of nitrogens with one attached hydrogen (secondary N) is 2. The molecule has 1 saturated carbocycles. The molecule has 0 unspecified atom stereocenters. The Labute approximate surface area is 243 Å². The smallest absolute Gasteiger partial charge is 0.122 e. The fraction of sp³-hybridized carbons (Fsp3) is 0.500. The van der Waals surface area contributed by atoms with Crippen molar-refractivity contribution >= 4 is 21.8 Å². The van der Waals surface area contributed by atoms with E-state index in [1.807, 2.05) is 6.07 Å². The number of likely N-dealkylation sites (tertiary alicyclic amines) is 1. The molecule has 2 aromatic heterocycles. The Balaban J connectivity index is 1.09. The number of rotatable bonds is 4. The van der Waals surface area contributed by atoms with Gasteiger partial charge in [0.05, 0.1) is 11.6 Å². The van der Waals surface area contributed by atoms with E-state index in [-0.39, 0.29) is 0 Å². The molecule has 2 fully saturated rings. The zero-order valence-electron chi connectivity index (χ0n) is 24.6. The van der Waals surface area contributed by atoms with Crippen molar-refractivity contribution in [1.29, 1.82) is 0 Å². The first-order valence-electron chi connectivity index (χ1n) is 16.0. The van der Waals surface area contributed by atoms with Gasteiger partial charge in [0.25, 0.3) is 0 Å². The summed E-state index contributed by atoms with van der Waals surface area (Å²) in [5.41, 5.74) is 9.54. The van der Waals surface area contributed by atoms with E-state index in [4.69, 9.17) is 0 Å². The van der Waals surface area contributed by atoms with Crippen molar-refractivity contribution < 1.29 is 5.11 Å². The van der Waals surface area contributed by atoms with Crippen molar-refractivity contribution in [2.45, 2.75) is 63.5 Å². The first-order valence-corrected chi connectivity index (χ1v) is 16.0. The number of nitrogens with zero attached hydrogens (tertiary/aromatic N) is 2. The average molecular weight is 549 g/mol. The second kappa shape index (κ2) is 9.78. The second-order valence-corrected chi connectivity index (χ2v) is 13.7. The molecule has 2 aliphatic carbocycles. The molecule has 0 bridgehead atoms. The van der Waals surface area contributed by atoms with Gasteiger partial charge in [0.15, 0.2) is 0 Å². The molecule has 4 heterocycles.